The van der Waals surface area contributed by atoms with E-state index in [0.29, 0.717) is 63.6 Å². The number of ether oxygens (including phenoxy) is 1. The third-order valence-electron chi connectivity index (χ3n) is 12.8. The van der Waals surface area contributed by atoms with Crippen molar-refractivity contribution in [3.05, 3.63) is 73.3 Å². The van der Waals surface area contributed by atoms with E-state index in [9.17, 15) is 19.6 Å². The average Bonchev–Trinajstić information content (AvgIpc) is 4.02. The van der Waals surface area contributed by atoms with Gasteiger partial charge in [-0.1, -0.05) is 0 Å². The highest BCUT2D eigenvalue weighted by molar-refractivity contribution is 5.97. The van der Waals surface area contributed by atoms with Crippen LogP contribution in [-0.4, -0.2) is 79.7 Å². The summed E-state index contributed by atoms with van der Waals surface area (Å²) in [7, 11) is 0. The van der Waals surface area contributed by atoms with Crippen molar-refractivity contribution >= 4 is 39.3 Å². The third kappa shape index (κ3) is 8.24. The highest BCUT2D eigenvalue weighted by atomic mass is 19.1. The number of carbonyl (C=O) groups is 1. The minimum atomic E-state index is -0.573. The second-order valence-electron chi connectivity index (χ2n) is 18.6. The molecule has 5 aromatic rings. The molecule has 2 aliphatic carbocycles. The van der Waals surface area contributed by atoms with E-state index >= 15 is 8.78 Å². The molecule has 9 rings (SSSR count). The smallest absolute Gasteiger partial charge is 0.407 e. The van der Waals surface area contributed by atoms with E-state index in [-0.39, 0.29) is 52.6 Å². The highest BCUT2D eigenvalue weighted by Gasteiger charge is 2.35. The van der Waals surface area contributed by atoms with E-state index in [1.165, 1.54) is 24.3 Å². The van der Waals surface area contributed by atoms with E-state index < -0.39 is 17.5 Å². The summed E-state index contributed by atoms with van der Waals surface area (Å²) in [5, 5.41) is 27.6. The molecule has 17 heteroatoms. The second-order valence-corrected chi connectivity index (χ2v) is 18.6. The van der Waals surface area contributed by atoms with Crippen LogP contribution < -0.4 is 32.0 Å². The maximum atomic E-state index is 15.4. The Hall–Kier alpha value is -5.89. The number of aryl methyl sites for hydroxylation is 2. The maximum Gasteiger partial charge on any atom is 0.407 e. The normalized spacial score (nSPS) is 20.0. The number of anilines is 2. The second kappa shape index (κ2) is 16.4. The van der Waals surface area contributed by atoms with Crippen molar-refractivity contribution in [2.45, 2.75) is 117 Å². The molecule has 4 atom stereocenters. The van der Waals surface area contributed by atoms with Gasteiger partial charge in [0.15, 0.2) is 0 Å². The number of benzene rings is 2. The lowest BCUT2D eigenvalue weighted by molar-refractivity contribution is 0.0494. The number of aromatic amines is 1. The molecule has 4 aliphatic rings. The Morgan fingerprint density at radius 3 is 1.90 bits per heavy atom. The largest absolute Gasteiger partial charge is 0.444 e. The number of pyridine rings is 2. The van der Waals surface area contributed by atoms with E-state index in [1.54, 1.807) is 4.57 Å². The lowest BCUT2D eigenvalue weighted by atomic mass is 10.0. The number of amides is 1. The van der Waals surface area contributed by atoms with Crippen LogP contribution in [-0.2, 0) is 4.74 Å². The fourth-order valence-corrected chi connectivity index (χ4v) is 9.46. The quantitative estimate of drug-likeness (QED) is 0.154. The zero-order valence-electron chi connectivity index (χ0n) is 36.4. The summed E-state index contributed by atoms with van der Waals surface area (Å²) in [6, 6.07) is 7.97. The van der Waals surface area contributed by atoms with Gasteiger partial charge in [0, 0.05) is 78.8 Å². The first-order valence-electron chi connectivity index (χ1n) is 21.6. The molecule has 0 unspecified atom stereocenters. The molecule has 1 amide bonds. The van der Waals surface area contributed by atoms with Crippen LogP contribution in [0.4, 0.5) is 25.0 Å². The predicted octanol–water partition coefficient (Wildman–Crippen LogP) is 6.53. The third-order valence-corrected chi connectivity index (χ3v) is 12.8. The lowest BCUT2D eigenvalue weighted by Gasteiger charge is -2.26. The Kier molecular flexibility index (Phi) is 11.3. The summed E-state index contributed by atoms with van der Waals surface area (Å²) in [5.74, 6) is 0.0561. The molecule has 0 radical (unpaired) electrons. The van der Waals surface area contributed by atoms with Gasteiger partial charge in [-0.25, -0.2) is 13.6 Å². The molecule has 2 saturated carbocycles. The van der Waals surface area contributed by atoms with Gasteiger partial charge >= 0.3 is 6.09 Å². The summed E-state index contributed by atoms with van der Waals surface area (Å²) in [5.41, 5.74) is 9.80. The molecular weight excluding hydrogens is 797 g/mol. The van der Waals surface area contributed by atoms with Gasteiger partial charge in [-0.15, -0.1) is 10.2 Å². The molecule has 62 heavy (non-hydrogen) atoms. The van der Waals surface area contributed by atoms with Crippen molar-refractivity contribution in [2.75, 3.05) is 36.0 Å². The van der Waals surface area contributed by atoms with Crippen molar-refractivity contribution < 1.29 is 18.3 Å². The molecule has 3 aromatic heterocycles. The average molecular weight is 852 g/mol. The Labute approximate surface area is 358 Å². The van der Waals surface area contributed by atoms with Crippen molar-refractivity contribution in [1.82, 2.24) is 35.1 Å². The van der Waals surface area contributed by atoms with Gasteiger partial charge in [0.2, 0.25) is 5.82 Å². The van der Waals surface area contributed by atoms with Crippen molar-refractivity contribution in [2.24, 2.45) is 17.6 Å². The number of hydrogen-bond acceptors (Lipinski definition) is 11. The first kappa shape index (κ1) is 42.8. The fraction of sp³-hybridized carbons (Fsp3) is 0.533. The zero-order chi connectivity index (χ0) is 44.4. The molecule has 15 nitrogen and oxygen atoms in total. The number of hydrogen-bond donors (Lipinski definition) is 3. The van der Waals surface area contributed by atoms with Gasteiger partial charge in [-0.05, 0) is 127 Å². The number of tetrazole rings is 1. The molecule has 2 aromatic carbocycles. The molecule has 5 heterocycles. The predicted molar refractivity (Wildman–Crippen MR) is 233 cm³/mol. The lowest BCUT2D eigenvalue weighted by Crippen LogP contribution is -2.42. The summed E-state index contributed by atoms with van der Waals surface area (Å²) in [6.07, 6.45) is 5.01. The van der Waals surface area contributed by atoms with Crippen LogP contribution in [0, 0.1) is 48.6 Å². The minimum Gasteiger partial charge on any atom is -0.444 e. The number of halogens is 2. The van der Waals surface area contributed by atoms with Crippen LogP contribution in [0.1, 0.15) is 102 Å². The van der Waals surface area contributed by atoms with Crippen molar-refractivity contribution in [3.63, 3.8) is 0 Å². The van der Waals surface area contributed by atoms with Gasteiger partial charge in [-0.2, -0.15) is 10.5 Å². The van der Waals surface area contributed by atoms with Crippen molar-refractivity contribution in [1.29, 1.82) is 5.26 Å². The topological polar surface area (TPSA) is 193 Å². The molecule has 2 aliphatic heterocycles. The van der Waals surface area contributed by atoms with E-state index in [4.69, 9.17) is 10.5 Å². The summed E-state index contributed by atoms with van der Waals surface area (Å²) in [6.45, 7) is 15.8. The number of H-pyrrole nitrogens is 1. The number of nitrogens with zero attached hydrogens (tertiary/aromatic N) is 8. The molecule has 0 bridgehead atoms. The zero-order valence-corrected chi connectivity index (χ0v) is 36.4. The number of carbonyl (C=O) groups excluding carboxylic acids is 1. The molecule has 2 saturated heterocycles. The van der Waals surface area contributed by atoms with Crippen LogP contribution in [0.25, 0.3) is 33.2 Å². The minimum absolute atomic E-state index is 0.0679. The summed E-state index contributed by atoms with van der Waals surface area (Å²) >= 11 is 0. The Morgan fingerprint density at radius 1 is 0.871 bits per heavy atom. The van der Waals surface area contributed by atoms with Gasteiger partial charge in [0.1, 0.15) is 23.3 Å². The van der Waals surface area contributed by atoms with Crippen LogP contribution >= 0.6 is 0 Å². The van der Waals surface area contributed by atoms with Crippen LogP contribution in [0.15, 0.2) is 33.9 Å². The standard InChI is InChI=1S/C25H31FN4O3.C20H24FN7O/c1-14-22-19(17(12-27)10-21(31)30(22)18-6-7-18)11-20(26)23(14)29-9-8-16(13-29)15(2)28-24(32)33-25(3,4)5;1-10-18-14(7-16(21)19(10)27-6-5-12(9-27)11(2)22)15(20-23-25-26-24-20)8-17(29)28(18)13-3-4-13/h10-11,15-16,18H,6-9,13H2,1-5H3,(H,28,32);7-8,11-13H,3-6,9,22H2,1-2H3,(H,23,24,25,26)/t15-,16+;11-,12+/m00/s1. The Morgan fingerprint density at radius 2 is 1.40 bits per heavy atom. The highest BCUT2D eigenvalue weighted by Crippen LogP contribution is 2.43. The monoisotopic (exact) mass is 851 g/mol. The number of nitriles is 1. The van der Waals surface area contributed by atoms with Crippen LogP contribution in [0.5, 0.6) is 0 Å². The van der Waals surface area contributed by atoms with Gasteiger partial charge in [0.25, 0.3) is 11.1 Å². The van der Waals surface area contributed by atoms with Crippen LogP contribution in [0.2, 0.25) is 0 Å². The SMILES string of the molecule is Cc1c(N2CC[C@@H]([C@H](C)N)C2)c(F)cc2c(-c3nn[nH]n3)cc(=O)n(C3CC3)c12.Cc1c(N2CC[C@@H]([C@H](C)NC(=O)OC(C)(C)C)C2)c(F)cc2c(C#N)cc(=O)n(C3CC3)c12. The molecule has 328 valence electrons. The van der Waals surface area contributed by atoms with E-state index in [1.807, 2.05) is 57.9 Å². The van der Waals surface area contributed by atoms with Crippen molar-refractivity contribution in [3.8, 4) is 17.5 Å². The first-order chi connectivity index (χ1) is 29.4. The Balaban J connectivity index is 0.000000172. The number of alkyl carbamates (subject to hydrolysis) is 1. The van der Waals surface area contributed by atoms with E-state index in [0.717, 1.165) is 62.7 Å². The fourth-order valence-electron chi connectivity index (χ4n) is 9.46. The molecule has 4 fully saturated rings. The maximum absolute atomic E-state index is 15.4. The number of nitrogens with two attached hydrogens (primary N) is 1. The van der Waals surface area contributed by atoms with Gasteiger partial charge in [-0.3, -0.25) is 9.59 Å². The summed E-state index contributed by atoms with van der Waals surface area (Å²) in [4.78, 5) is 42.0. The molecular formula is C45H55F2N11O4. The molecule has 0 spiro atoms. The van der Waals surface area contributed by atoms with E-state index in [2.05, 4.69) is 36.9 Å². The number of rotatable bonds is 8. The number of nitrogens with one attached hydrogen (secondary N) is 2. The Bertz CT molecular complexity index is 2710. The molecule has 4 N–H and O–H groups in total. The van der Waals surface area contributed by atoms with Crippen LogP contribution in [0.3, 0.4) is 0 Å². The number of fused-ring (bicyclic) bond motifs is 2. The summed E-state index contributed by atoms with van der Waals surface area (Å²) < 4.78 is 39.7. The van der Waals surface area contributed by atoms with Gasteiger partial charge < -0.3 is 34.7 Å². The first-order valence-corrected chi connectivity index (χ1v) is 21.6. The van der Waals surface area contributed by atoms with Gasteiger partial charge in [0.05, 0.1) is 28.0 Å². The number of aromatic nitrogens is 6.